The van der Waals surface area contributed by atoms with Crippen LogP contribution in [0.5, 0.6) is 0 Å². The number of hydrogen-bond donors (Lipinski definition) is 0. The van der Waals surface area contributed by atoms with E-state index in [9.17, 15) is 13.2 Å². The van der Waals surface area contributed by atoms with Gasteiger partial charge in [0.1, 0.15) is 5.82 Å². The standard InChI is InChI=1S/C22H25F3N4O/c1-12-18(22(23,24)25)5-14(6-26-12)19-9-29(21(27-19)13-3-2-4-13)20-16-7-28(8-17(16)20)15-10-30-11-15/h5-6,9,13,15-17,20H,2-4,7-8,10-11H2,1H3/t16-,17+,20+. The lowest BCUT2D eigenvalue weighted by molar-refractivity contribution is -0.138. The summed E-state index contributed by atoms with van der Waals surface area (Å²) in [5.74, 6) is 2.72. The molecule has 8 heteroatoms. The van der Waals surface area contributed by atoms with Crippen molar-refractivity contribution in [3.63, 3.8) is 0 Å². The van der Waals surface area contributed by atoms with Crippen molar-refractivity contribution in [2.45, 2.75) is 50.4 Å². The van der Waals surface area contributed by atoms with Crippen LogP contribution in [0.2, 0.25) is 0 Å². The summed E-state index contributed by atoms with van der Waals surface area (Å²) in [6.45, 7) is 5.26. The van der Waals surface area contributed by atoms with Crippen molar-refractivity contribution in [3.05, 3.63) is 35.5 Å². The van der Waals surface area contributed by atoms with Crippen molar-refractivity contribution in [1.29, 1.82) is 0 Å². The van der Waals surface area contributed by atoms with Crippen LogP contribution in [-0.2, 0) is 10.9 Å². The highest BCUT2D eigenvalue weighted by Gasteiger charge is 2.59. The van der Waals surface area contributed by atoms with E-state index < -0.39 is 11.7 Å². The Hall–Kier alpha value is -1.93. The van der Waals surface area contributed by atoms with Gasteiger partial charge in [-0.15, -0.1) is 0 Å². The van der Waals surface area contributed by atoms with Crippen molar-refractivity contribution in [2.24, 2.45) is 11.8 Å². The van der Waals surface area contributed by atoms with Crippen LogP contribution in [0, 0.1) is 18.8 Å². The van der Waals surface area contributed by atoms with E-state index >= 15 is 0 Å². The van der Waals surface area contributed by atoms with Gasteiger partial charge in [0.05, 0.1) is 30.5 Å². The molecule has 4 fully saturated rings. The molecule has 2 saturated carbocycles. The Kier molecular flexibility index (Phi) is 4.10. The predicted molar refractivity (Wildman–Crippen MR) is 104 cm³/mol. The highest BCUT2D eigenvalue weighted by molar-refractivity contribution is 5.59. The van der Waals surface area contributed by atoms with Gasteiger partial charge in [0.15, 0.2) is 0 Å². The van der Waals surface area contributed by atoms with E-state index in [1.54, 1.807) is 0 Å². The monoisotopic (exact) mass is 418 g/mol. The second-order valence-corrected chi connectivity index (χ2v) is 9.34. The normalized spacial score (nSPS) is 29.5. The highest BCUT2D eigenvalue weighted by atomic mass is 19.4. The first-order valence-electron chi connectivity index (χ1n) is 10.8. The molecular formula is C22H25F3N4O. The van der Waals surface area contributed by atoms with E-state index in [-0.39, 0.29) is 5.69 Å². The number of fused-ring (bicyclic) bond motifs is 1. The van der Waals surface area contributed by atoms with Crippen LogP contribution in [0.4, 0.5) is 13.2 Å². The van der Waals surface area contributed by atoms with Gasteiger partial charge < -0.3 is 9.30 Å². The number of rotatable bonds is 4. The van der Waals surface area contributed by atoms with E-state index in [0.717, 1.165) is 45.0 Å². The van der Waals surface area contributed by atoms with E-state index in [1.165, 1.54) is 25.6 Å². The molecule has 2 aromatic heterocycles. The van der Waals surface area contributed by atoms with Gasteiger partial charge in [-0.2, -0.15) is 13.2 Å². The Bertz CT molecular complexity index is 967. The number of hydrogen-bond acceptors (Lipinski definition) is 4. The first-order valence-corrected chi connectivity index (χ1v) is 10.8. The maximum Gasteiger partial charge on any atom is 0.418 e. The van der Waals surface area contributed by atoms with Gasteiger partial charge in [-0.25, -0.2) is 4.98 Å². The van der Waals surface area contributed by atoms with Crippen LogP contribution in [0.15, 0.2) is 18.5 Å². The molecule has 2 aliphatic carbocycles. The highest BCUT2D eigenvalue weighted by Crippen LogP contribution is 2.57. The molecule has 4 aliphatic rings. The summed E-state index contributed by atoms with van der Waals surface area (Å²) in [5.41, 5.74) is 0.388. The molecule has 0 N–H and O–H groups in total. The fraction of sp³-hybridized carbons (Fsp3) is 0.636. The molecule has 2 aromatic rings. The number of halogens is 3. The molecule has 0 amide bonds. The third kappa shape index (κ3) is 2.91. The molecule has 5 nitrogen and oxygen atoms in total. The van der Waals surface area contributed by atoms with Crippen LogP contribution >= 0.6 is 0 Å². The Morgan fingerprint density at radius 2 is 1.87 bits per heavy atom. The van der Waals surface area contributed by atoms with Gasteiger partial charge in [0.25, 0.3) is 0 Å². The molecule has 30 heavy (non-hydrogen) atoms. The lowest BCUT2D eigenvalue weighted by atomic mass is 9.85. The fourth-order valence-corrected chi connectivity index (χ4v) is 5.39. The van der Waals surface area contributed by atoms with Crippen molar-refractivity contribution in [3.8, 4) is 11.3 Å². The molecule has 0 unspecified atom stereocenters. The Morgan fingerprint density at radius 3 is 2.43 bits per heavy atom. The minimum Gasteiger partial charge on any atom is -0.378 e. The minimum absolute atomic E-state index is 0.00156. The Balaban J connectivity index is 1.30. The molecular weight excluding hydrogens is 393 g/mol. The smallest absolute Gasteiger partial charge is 0.378 e. The minimum atomic E-state index is -4.41. The van der Waals surface area contributed by atoms with E-state index in [2.05, 4.69) is 14.5 Å². The van der Waals surface area contributed by atoms with E-state index in [0.29, 0.717) is 41.1 Å². The zero-order valence-electron chi connectivity index (χ0n) is 16.9. The van der Waals surface area contributed by atoms with Gasteiger partial charge in [-0.3, -0.25) is 9.88 Å². The number of aryl methyl sites for hydroxylation is 1. The Labute approximate surface area is 173 Å². The molecule has 0 aromatic carbocycles. The van der Waals surface area contributed by atoms with Crippen molar-refractivity contribution in [1.82, 2.24) is 19.4 Å². The number of pyridine rings is 1. The second-order valence-electron chi connectivity index (χ2n) is 9.34. The number of ether oxygens (including phenoxy) is 1. The average Bonchev–Trinajstić information content (AvgIpc) is 2.94. The lowest BCUT2D eigenvalue weighted by Crippen LogP contribution is -2.49. The summed E-state index contributed by atoms with van der Waals surface area (Å²) < 4.78 is 47.7. The molecule has 0 bridgehead atoms. The average molecular weight is 418 g/mol. The largest absolute Gasteiger partial charge is 0.418 e. The van der Waals surface area contributed by atoms with E-state index in [4.69, 9.17) is 9.72 Å². The van der Waals surface area contributed by atoms with Crippen LogP contribution in [0.25, 0.3) is 11.3 Å². The summed E-state index contributed by atoms with van der Waals surface area (Å²) >= 11 is 0. The molecule has 160 valence electrons. The predicted octanol–water partition coefficient (Wildman–Crippen LogP) is 4.04. The van der Waals surface area contributed by atoms with Crippen LogP contribution < -0.4 is 0 Å². The third-order valence-corrected chi connectivity index (χ3v) is 7.55. The molecule has 6 rings (SSSR count). The van der Waals surface area contributed by atoms with Gasteiger partial charge in [0.2, 0.25) is 0 Å². The summed E-state index contributed by atoms with van der Waals surface area (Å²) in [5, 5.41) is 0. The van der Waals surface area contributed by atoms with E-state index in [1.807, 2.05) is 6.20 Å². The van der Waals surface area contributed by atoms with Gasteiger partial charge in [-0.1, -0.05) is 6.42 Å². The van der Waals surface area contributed by atoms with Crippen molar-refractivity contribution < 1.29 is 17.9 Å². The maximum absolute atomic E-state index is 13.4. The van der Waals surface area contributed by atoms with Gasteiger partial charge >= 0.3 is 6.18 Å². The lowest BCUT2D eigenvalue weighted by Gasteiger charge is -2.36. The molecule has 3 atom stereocenters. The first-order chi connectivity index (χ1) is 14.4. The molecule has 2 aliphatic heterocycles. The molecule has 0 radical (unpaired) electrons. The fourth-order valence-electron chi connectivity index (χ4n) is 5.39. The van der Waals surface area contributed by atoms with Gasteiger partial charge in [0, 0.05) is 48.7 Å². The number of nitrogens with zero attached hydrogens (tertiary/aromatic N) is 4. The topological polar surface area (TPSA) is 43.2 Å². The summed E-state index contributed by atoms with van der Waals surface area (Å²) in [6.07, 6.45) is 2.53. The van der Waals surface area contributed by atoms with Gasteiger partial charge in [-0.05, 0) is 37.7 Å². The summed E-state index contributed by atoms with van der Waals surface area (Å²) in [4.78, 5) is 11.4. The maximum atomic E-state index is 13.4. The Morgan fingerprint density at radius 1 is 1.13 bits per heavy atom. The number of alkyl halides is 3. The van der Waals surface area contributed by atoms with Crippen molar-refractivity contribution >= 4 is 0 Å². The zero-order valence-corrected chi connectivity index (χ0v) is 16.9. The number of imidazole rings is 1. The zero-order chi connectivity index (χ0) is 20.6. The number of aromatic nitrogens is 3. The van der Waals surface area contributed by atoms with Crippen LogP contribution in [0.1, 0.15) is 48.3 Å². The van der Waals surface area contributed by atoms with Crippen LogP contribution in [0.3, 0.4) is 0 Å². The summed E-state index contributed by atoms with van der Waals surface area (Å²) in [7, 11) is 0. The number of likely N-dealkylation sites (tertiary alicyclic amines) is 1. The third-order valence-electron chi connectivity index (χ3n) is 7.55. The van der Waals surface area contributed by atoms with Crippen molar-refractivity contribution in [2.75, 3.05) is 26.3 Å². The molecule has 2 saturated heterocycles. The quantitative estimate of drug-likeness (QED) is 0.752. The molecule has 4 heterocycles. The SMILES string of the molecule is Cc1ncc(-c2cn([C@H]3[C@@H]4CN(C5COC5)C[C@@H]43)c(C3CCC3)n2)cc1C(F)(F)F. The number of piperidine rings is 1. The summed E-state index contributed by atoms with van der Waals surface area (Å²) in [6, 6.07) is 2.20. The second kappa shape index (κ2) is 6.53. The molecule has 0 spiro atoms. The van der Waals surface area contributed by atoms with Crippen LogP contribution in [-0.4, -0.2) is 51.8 Å². The first kappa shape index (κ1) is 18.8.